The van der Waals surface area contributed by atoms with E-state index < -0.39 is 6.10 Å². The van der Waals surface area contributed by atoms with E-state index in [-0.39, 0.29) is 25.0 Å². The maximum absolute atomic E-state index is 11.1. The molecule has 0 aromatic heterocycles. The Bertz CT molecular complexity index is 321. The maximum Gasteiger partial charge on any atom is 0.337 e. The molecule has 0 saturated heterocycles. The molecule has 90 valence electrons. The standard InChI is InChI=1S/C11H14O4.ClH/c1-8(12)7-15-10-5-3-9(4-6-10)11(13)14-2;/h3-6,8,12H,7H2,1-2H3;1H. The van der Waals surface area contributed by atoms with Gasteiger partial charge >= 0.3 is 5.97 Å². The first-order valence-electron chi connectivity index (χ1n) is 4.62. The summed E-state index contributed by atoms with van der Waals surface area (Å²) in [4.78, 5) is 11.1. The number of aliphatic hydroxyl groups excluding tert-OH is 1. The molecule has 0 aliphatic carbocycles. The Labute approximate surface area is 101 Å². The first kappa shape index (κ1) is 14.7. The fraction of sp³-hybridized carbons (Fsp3) is 0.364. The number of ether oxygens (including phenoxy) is 2. The van der Waals surface area contributed by atoms with Crippen molar-refractivity contribution in [2.45, 2.75) is 13.0 Å². The summed E-state index contributed by atoms with van der Waals surface area (Å²) in [7, 11) is 1.33. The van der Waals surface area contributed by atoms with Crippen LogP contribution < -0.4 is 4.74 Å². The molecule has 0 fully saturated rings. The number of esters is 1. The van der Waals surface area contributed by atoms with Crippen LogP contribution in [0, 0.1) is 0 Å². The summed E-state index contributed by atoms with van der Waals surface area (Å²) in [5, 5.41) is 9.00. The average molecular weight is 247 g/mol. The van der Waals surface area contributed by atoms with Crippen LogP contribution in [0.3, 0.4) is 0 Å². The molecule has 0 saturated carbocycles. The number of rotatable bonds is 4. The van der Waals surface area contributed by atoms with Gasteiger partial charge in [0.1, 0.15) is 12.4 Å². The van der Waals surface area contributed by atoms with E-state index in [9.17, 15) is 4.79 Å². The predicted octanol–water partition coefficient (Wildman–Crippen LogP) is 1.65. The molecule has 1 aromatic rings. The second-order valence-electron chi connectivity index (χ2n) is 3.18. The third-order valence-electron chi connectivity index (χ3n) is 1.77. The van der Waals surface area contributed by atoms with Crippen molar-refractivity contribution in [3.05, 3.63) is 29.8 Å². The van der Waals surface area contributed by atoms with Gasteiger partial charge in [0.05, 0.1) is 18.8 Å². The van der Waals surface area contributed by atoms with Gasteiger partial charge in [-0.25, -0.2) is 4.79 Å². The second-order valence-corrected chi connectivity index (χ2v) is 3.18. The normalized spacial score (nSPS) is 11.2. The highest BCUT2D eigenvalue weighted by atomic mass is 35.5. The summed E-state index contributed by atoms with van der Waals surface area (Å²) >= 11 is 0. The SMILES string of the molecule is COC(=O)c1ccc(OCC(C)O)cc1.Cl. The van der Waals surface area contributed by atoms with Crippen molar-refractivity contribution >= 4 is 18.4 Å². The largest absolute Gasteiger partial charge is 0.491 e. The summed E-state index contributed by atoms with van der Waals surface area (Å²) in [6, 6.07) is 6.55. The van der Waals surface area contributed by atoms with Crippen molar-refractivity contribution in [1.82, 2.24) is 0 Å². The van der Waals surface area contributed by atoms with Crippen LogP contribution in [0.2, 0.25) is 0 Å². The van der Waals surface area contributed by atoms with Crippen LogP contribution >= 0.6 is 12.4 Å². The lowest BCUT2D eigenvalue weighted by Crippen LogP contribution is -2.12. The van der Waals surface area contributed by atoms with Gasteiger partial charge in [-0.2, -0.15) is 0 Å². The van der Waals surface area contributed by atoms with Gasteiger partial charge in [0.15, 0.2) is 0 Å². The lowest BCUT2D eigenvalue weighted by atomic mass is 10.2. The van der Waals surface area contributed by atoms with Crippen LogP contribution in [0.15, 0.2) is 24.3 Å². The first-order chi connectivity index (χ1) is 7.13. The van der Waals surface area contributed by atoms with Gasteiger partial charge in [0.2, 0.25) is 0 Å². The van der Waals surface area contributed by atoms with Gasteiger partial charge in [-0.1, -0.05) is 0 Å². The lowest BCUT2D eigenvalue weighted by Gasteiger charge is -2.08. The van der Waals surface area contributed by atoms with Gasteiger partial charge in [-0.15, -0.1) is 12.4 Å². The molecule has 0 radical (unpaired) electrons. The third-order valence-corrected chi connectivity index (χ3v) is 1.77. The number of hydrogen-bond donors (Lipinski definition) is 1. The molecule has 0 bridgehead atoms. The Balaban J connectivity index is 0.00000225. The number of hydrogen-bond acceptors (Lipinski definition) is 4. The molecule has 1 unspecified atom stereocenters. The summed E-state index contributed by atoms with van der Waals surface area (Å²) in [5.74, 6) is 0.237. The number of carbonyl (C=O) groups is 1. The summed E-state index contributed by atoms with van der Waals surface area (Å²) in [5.41, 5.74) is 0.474. The van der Waals surface area contributed by atoms with Crippen LogP contribution in [0.25, 0.3) is 0 Å². The molecule has 5 heteroatoms. The molecular formula is C11H15ClO4. The topological polar surface area (TPSA) is 55.8 Å². The highest BCUT2D eigenvalue weighted by molar-refractivity contribution is 5.89. The number of carbonyl (C=O) groups excluding carboxylic acids is 1. The van der Waals surface area contributed by atoms with Crippen LogP contribution in [0.1, 0.15) is 17.3 Å². The maximum atomic E-state index is 11.1. The Morgan fingerprint density at radius 1 is 1.38 bits per heavy atom. The summed E-state index contributed by atoms with van der Waals surface area (Å²) < 4.78 is 9.79. The van der Waals surface area contributed by atoms with Crippen molar-refractivity contribution < 1.29 is 19.4 Å². The number of aliphatic hydroxyl groups is 1. The van der Waals surface area contributed by atoms with E-state index in [1.54, 1.807) is 31.2 Å². The monoisotopic (exact) mass is 246 g/mol. The van der Waals surface area contributed by atoms with Gasteiger partial charge in [-0.05, 0) is 31.2 Å². The minimum absolute atomic E-state index is 0. The van der Waals surface area contributed by atoms with E-state index in [1.807, 2.05) is 0 Å². The molecule has 0 aliphatic heterocycles. The van der Waals surface area contributed by atoms with Gasteiger partial charge < -0.3 is 14.6 Å². The van der Waals surface area contributed by atoms with Crippen molar-refractivity contribution in [2.24, 2.45) is 0 Å². The highest BCUT2D eigenvalue weighted by Crippen LogP contribution is 2.12. The molecule has 4 nitrogen and oxygen atoms in total. The summed E-state index contributed by atoms with van der Waals surface area (Å²) in [6.07, 6.45) is -0.509. The molecule has 0 amide bonds. The van der Waals surface area contributed by atoms with Crippen LogP contribution in [-0.4, -0.2) is 30.9 Å². The minimum atomic E-state index is -0.509. The third kappa shape index (κ3) is 4.51. The fourth-order valence-corrected chi connectivity index (χ4v) is 1.02. The van der Waals surface area contributed by atoms with Crippen LogP contribution in [-0.2, 0) is 4.74 Å². The van der Waals surface area contributed by atoms with Crippen molar-refractivity contribution in [3.63, 3.8) is 0 Å². The number of halogens is 1. The molecule has 0 spiro atoms. The predicted molar refractivity (Wildman–Crippen MR) is 62.2 cm³/mol. The average Bonchev–Trinajstić information content (AvgIpc) is 2.26. The quantitative estimate of drug-likeness (QED) is 0.821. The molecular weight excluding hydrogens is 232 g/mol. The van der Waals surface area contributed by atoms with E-state index in [4.69, 9.17) is 9.84 Å². The Kier molecular flexibility index (Phi) is 6.53. The van der Waals surface area contributed by atoms with Crippen LogP contribution in [0.5, 0.6) is 5.75 Å². The highest BCUT2D eigenvalue weighted by Gasteiger charge is 2.04. The second kappa shape index (κ2) is 7.09. The van der Waals surface area contributed by atoms with E-state index in [1.165, 1.54) is 7.11 Å². The van der Waals surface area contributed by atoms with Crippen molar-refractivity contribution in [2.75, 3.05) is 13.7 Å². The van der Waals surface area contributed by atoms with E-state index >= 15 is 0 Å². The minimum Gasteiger partial charge on any atom is -0.491 e. The van der Waals surface area contributed by atoms with Crippen LogP contribution in [0.4, 0.5) is 0 Å². The molecule has 0 heterocycles. The first-order valence-corrected chi connectivity index (χ1v) is 4.62. The summed E-state index contributed by atoms with van der Waals surface area (Å²) in [6.45, 7) is 1.88. The molecule has 1 N–H and O–H groups in total. The molecule has 0 aliphatic rings. The van der Waals surface area contributed by atoms with Crippen molar-refractivity contribution in [1.29, 1.82) is 0 Å². The van der Waals surface area contributed by atoms with Gasteiger partial charge in [-0.3, -0.25) is 0 Å². The Morgan fingerprint density at radius 2 is 1.94 bits per heavy atom. The fourth-order valence-electron chi connectivity index (χ4n) is 1.02. The zero-order valence-corrected chi connectivity index (χ0v) is 9.99. The number of benzene rings is 1. The van der Waals surface area contributed by atoms with E-state index in [0.29, 0.717) is 11.3 Å². The molecule has 16 heavy (non-hydrogen) atoms. The zero-order chi connectivity index (χ0) is 11.3. The zero-order valence-electron chi connectivity index (χ0n) is 9.17. The van der Waals surface area contributed by atoms with E-state index in [2.05, 4.69) is 4.74 Å². The van der Waals surface area contributed by atoms with E-state index in [0.717, 1.165) is 0 Å². The molecule has 1 aromatic carbocycles. The van der Waals surface area contributed by atoms with Gasteiger partial charge in [0.25, 0.3) is 0 Å². The van der Waals surface area contributed by atoms with Crippen molar-refractivity contribution in [3.8, 4) is 5.75 Å². The molecule has 1 atom stereocenters. The van der Waals surface area contributed by atoms with Gasteiger partial charge in [0, 0.05) is 0 Å². The number of methoxy groups -OCH3 is 1. The lowest BCUT2D eigenvalue weighted by molar-refractivity contribution is 0.0600. The molecule has 1 rings (SSSR count). The Morgan fingerprint density at radius 3 is 2.38 bits per heavy atom. The smallest absolute Gasteiger partial charge is 0.337 e. The Hall–Kier alpha value is -1.26.